The Morgan fingerprint density at radius 3 is 2.65 bits per heavy atom. The van der Waals surface area contributed by atoms with Crippen molar-refractivity contribution in [2.75, 3.05) is 38.2 Å². The molecule has 0 spiro atoms. The number of nitrogens with zero attached hydrogens (tertiary/aromatic N) is 3. The molecule has 0 N–H and O–H groups in total. The molecule has 0 aromatic heterocycles. The molecule has 6 nitrogen and oxygen atoms in total. The summed E-state index contributed by atoms with van der Waals surface area (Å²) in [6.45, 7) is 5.63. The SMILES string of the molecule is COC(=O)N1CCC(C)(N2CCC(N3C(=O)Cc4ccccc43)CC2)C1. The van der Waals surface area contributed by atoms with E-state index in [2.05, 4.69) is 24.0 Å². The first-order valence-corrected chi connectivity index (χ1v) is 9.50. The molecule has 1 atom stereocenters. The zero-order valence-electron chi connectivity index (χ0n) is 15.6. The lowest BCUT2D eigenvalue weighted by Crippen LogP contribution is -2.55. The van der Waals surface area contributed by atoms with E-state index in [0.717, 1.165) is 56.7 Å². The van der Waals surface area contributed by atoms with Gasteiger partial charge in [-0.05, 0) is 37.8 Å². The van der Waals surface area contributed by atoms with Crippen LogP contribution in [0.2, 0.25) is 0 Å². The second-order valence-corrected chi connectivity index (χ2v) is 7.93. The summed E-state index contributed by atoms with van der Waals surface area (Å²) in [7, 11) is 1.44. The average Bonchev–Trinajstić information content (AvgIpc) is 3.21. The lowest BCUT2D eigenvalue weighted by atomic mass is 9.93. The molecule has 4 rings (SSSR count). The Labute approximate surface area is 154 Å². The van der Waals surface area contributed by atoms with Crippen LogP contribution in [0.5, 0.6) is 0 Å². The van der Waals surface area contributed by atoms with Crippen molar-refractivity contribution in [3.63, 3.8) is 0 Å². The summed E-state index contributed by atoms with van der Waals surface area (Å²) < 4.78 is 4.87. The van der Waals surface area contributed by atoms with Crippen molar-refractivity contribution < 1.29 is 14.3 Å². The maximum Gasteiger partial charge on any atom is 0.409 e. The van der Waals surface area contributed by atoms with Gasteiger partial charge in [0.2, 0.25) is 5.91 Å². The maximum atomic E-state index is 12.5. The Hall–Kier alpha value is -2.08. The number of likely N-dealkylation sites (tertiary alicyclic amines) is 2. The standard InChI is InChI=1S/C20H27N3O3/c1-20(9-12-21(14-20)19(25)26-2)22-10-7-16(8-11-22)23-17-6-4-3-5-15(17)13-18(23)24/h3-6,16H,7-14H2,1-2H3. The Morgan fingerprint density at radius 1 is 1.19 bits per heavy atom. The molecule has 1 aromatic rings. The van der Waals surface area contributed by atoms with Crippen LogP contribution in [-0.2, 0) is 16.0 Å². The van der Waals surface area contributed by atoms with E-state index in [0.29, 0.717) is 6.42 Å². The minimum Gasteiger partial charge on any atom is -0.453 e. The Morgan fingerprint density at radius 2 is 1.92 bits per heavy atom. The van der Waals surface area contributed by atoms with Crippen molar-refractivity contribution in [2.24, 2.45) is 0 Å². The van der Waals surface area contributed by atoms with Gasteiger partial charge in [0.25, 0.3) is 0 Å². The monoisotopic (exact) mass is 357 g/mol. The van der Waals surface area contributed by atoms with Crippen molar-refractivity contribution in [3.8, 4) is 0 Å². The van der Waals surface area contributed by atoms with Crippen LogP contribution in [0, 0.1) is 0 Å². The summed E-state index contributed by atoms with van der Waals surface area (Å²) in [6.07, 6.45) is 3.23. The number of fused-ring (bicyclic) bond motifs is 1. The lowest BCUT2D eigenvalue weighted by molar-refractivity contribution is -0.118. The Bertz CT molecular complexity index is 714. The first-order valence-electron chi connectivity index (χ1n) is 9.50. The molecule has 1 unspecified atom stereocenters. The van der Waals surface area contributed by atoms with E-state index < -0.39 is 0 Å². The molecule has 140 valence electrons. The Kier molecular flexibility index (Phi) is 4.39. The quantitative estimate of drug-likeness (QED) is 0.815. The second-order valence-electron chi connectivity index (χ2n) is 7.93. The first-order chi connectivity index (χ1) is 12.5. The van der Waals surface area contributed by atoms with Crippen LogP contribution in [0.4, 0.5) is 10.5 Å². The lowest BCUT2D eigenvalue weighted by Gasteiger charge is -2.44. The van der Waals surface area contributed by atoms with Crippen molar-refractivity contribution in [3.05, 3.63) is 29.8 Å². The number of carbonyl (C=O) groups excluding carboxylic acids is 2. The number of ether oxygens (including phenoxy) is 1. The van der Waals surface area contributed by atoms with Gasteiger partial charge in [0.05, 0.1) is 13.5 Å². The highest BCUT2D eigenvalue weighted by molar-refractivity contribution is 6.01. The summed E-state index contributed by atoms with van der Waals surface area (Å²) in [5, 5.41) is 0. The smallest absolute Gasteiger partial charge is 0.409 e. The van der Waals surface area contributed by atoms with Crippen LogP contribution < -0.4 is 4.90 Å². The number of methoxy groups -OCH3 is 1. The summed E-state index contributed by atoms with van der Waals surface area (Å²) in [4.78, 5) is 30.7. The van der Waals surface area contributed by atoms with Gasteiger partial charge in [-0.25, -0.2) is 4.79 Å². The van der Waals surface area contributed by atoms with Crippen molar-refractivity contribution >= 4 is 17.7 Å². The van der Waals surface area contributed by atoms with Crippen molar-refractivity contribution in [1.82, 2.24) is 9.80 Å². The molecule has 26 heavy (non-hydrogen) atoms. The van der Waals surface area contributed by atoms with Crippen LogP contribution in [-0.4, -0.2) is 66.7 Å². The number of benzene rings is 1. The van der Waals surface area contributed by atoms with Gasteiger partial charge in [-0.1, -0.05) is 18.2 Å². The van der Waals surface area contributed by atoms with Gasteiger partial charge in [-0.2, -0.15) is 0 Å². The second kappa shape index (κ2) is 6.58. The van der Waals surface area contributed by atoms with Crippen LogP contribution in [0.25, 0.3) is 0 Å². The van der Waals surface area contributed by atoms with E-state index in [4.69, 9.17) is 4.74 Å². The van der Waals surface area contributed by atoms with Crippen LogP contribution in [0.1, 0.15) is 31.7 Å². The van der Waals surface area contributed by atoms with Gasteiger partial charge in [0, 0.05) is 43.4 Å². The highest BCUT2D eigenvalue weighted by atomic mass is 16.5. The van der Waals surface area contributed by atoms with Gasteiger partial charge in [-0.15, -0.1) is 0 Å². The predicted molar refractivity (Wildman–Crippen MR) is 99.2 cm³/mol. The van der Waals surface area contributed by atoms with Crippen molar-refractivity contribution in [1.29, 1.82) is 0 Å². The normalized spacial score (nSPS) is 27.1. The third kappa shape index (κ3) is 2.86. The van der Waals surface area contributed by atoms with Gasteiger partial charge < -0.3 is 14.5 Å². The molecule has 3 aliphatic rings. The Balaban J connectivity index is 1.41. The minimum absolute atomic E-state index is 0.00604. The molecular weight excluding hydrogens is 330 g/mol. The molecule has 2 fully saturated rings. The average molecular weight is 357 g/mol. The predicted octanol–water partition coefficient (Wildman–Crippen LogP) is 2.27. The van der Waals surface area contributed by atoms with Crippen LogP contribution in [0.15, 0.2) is 24.3 Å². The van der Waals surface area contributed by atoms with Crippen molar-refractivity contribution in [2.45, 2.75) is 44.2 Å². The highest BCUT2D eigenvalue weighted by Crippen LogP contribution is 2.36. The van der Waals surface area contributed by atoms with Gasteiger partial charge >= 0.3 is 6.09 Å². The van der Waals surface area contributed by atoms with Gasteiger partial charge in [-0.3, -0.25) is 9.69 Å². The summed E-state index contributed by atoms with van der Waals surface area (Å²) in [5.41, 5.74) is 2.25. The van der Waals surface area contributed by atoms with Gasteiger partial charge in [0.1, 0.15) is 0 Å². The molecule has 0 radical (unpaired) electrons. The number of para-hydroxylation sites is 1. The molecule has 2 saturated heterocycles. The number of anilines is 1. The summed E-state index contributed by atoms with van der Waals surface area (Å²) >= 11 is 0. The molecule has 0 bridgehead atoms. The minimum atomic E-state index is -0.233. The molecule has 3 heterocycles. The molecule has 1 aromatic carbocycles. The third-order valence-electron chi connectivity index (χ3n) is 6.34. The summed E-state index contributed by atoms with van der Waals surface area (Å²) in [5.74, 6) is 0.230. The molecule has 0 saturated carbocycles. The zero-order valence-corrected chi connectivity index (χ0v) is 15.6. The molecule has 3 aliphatic heterocycles. The largest absolute Gasteiger partial charge is 0.453 e. The fraction of sp³-hybridized carbons (Fsp3) is 0.600. The number of amides is 2. The molecule has 6 heteroatoms. The number of carbonyl (C=O) groups is 2. The number of rotatable bonds is 2. The third-order valence-corrected chi connectivity index (χ3v) is 6.34. The topological polar surface area (TPSA) is 53.1 Å². The maximum absolute atomic E-state index is 12.5. The van der Waals surface area contributed by atoms with Crippen LogP contribution in [0.3, 0.4) is 0 Å². The van der Waals surface area contributed by atoms with E-state index in [1.165, 1.54) is 7.11 Å². The van der Waals surface area contributed by atoms with Crippen LogP contribution >= 0.6 is 0 Å². The van der Waals surface area contributed by atoms with E-state index >= 15 is 0 Å². The van der Waals surface area contributed by atoms with E-state index in [9.17, 15) is 9.59 Å². The fourth-order valence-corrected chi connectivity index (χ4v) is 4.83. The zero-order chi connectivity index (χ0) is 18.3. The molecular formula is C20H27N3O3. The van der Waals surface area contributed by atoms with E-state index in [1.807, 2.05) is 17.0 Å². The van der Waals surface area contributed by atoms with E-state index in [-0.39, 0.29) is 23.6 Å². The number of hydrogen-bond acceptors (Lipinski definition) is 4. The first kappa shape index (κ1) is 17.3. The highest BCUT2D eigenvalue weighted by Gasteiger charge is 2.43. The fourth-order valence-electron chi connectivity index (χ4n) is 4.83. The number of piperidine rings is 1. The van der Waals surface area contributed by atoms with Gasteiger partial charge in [0.15, 0.2) is 0 Å². The number of hydrogen-bond donors (Lipinski definition) is 0. The molecule has 2 amide bonds. The van der Waals surface area contributed by atoms with E-state index in [1.54, 1.807) is 4.90 Å². The molecule has 0 aliphatic carbocycles. The summed E-state index contributed by atoms with van der Waals surface area (Å²) in [6, 6.07) is 8.43.